The summed E-state index contributed by atoms with van der Waals surface area (Å²) >= 11 is 0. The van der Waals surface area contributed by atoms with Gasteiger partial charge in [0.2, 0.25) is 5.91 Å². The molecule has 6 heteroatoms. The molecule has 1 aromatic heterocycles. The first-order chi connectivity index (χ1) is 14.1. The van der Waals surface area contributed by atoms with E-state index in [2.05, 4.69) is 27.3 Å². The smallest absolute Gasteiger partial charge is 0.257 e. The average Bonchev–Trinajstić information content (AvgIpc) is 2.71. The molecular weight excluding hydrogens is 364 g/mol. The fourth-order valence-electron chi connectivity index (χ4n) is 3.68. The first kappa shape index (κ1) is 19.1. The normalized spacial score (nSPS) is 13.7. The van der Waals surface area contributed by atoms with E-state index in [0.717, 1.165) is 35.6 Å². The second kappa shape index (κ2) is 8.41. The molecule has 0 radical (unpaired) electrons. The predicted octanol–water partition coefficient (Wildman–Crippen LogP) is 2.75. The summed E-state index contributed by atoms with van der Waals surface area (Å²) in [4.78, 5) is 32.0. The monoisotopic (exact) mass is 388 g/mol. The molecule has 2 heterocycles. The highest BCUT2D eigenvalue weighted by atomic mass is 16.2. The zero-order chi connectivity index (χ0) is 20.2. The summed E-state index contributed by atoms with van der Waals surface area (Å²) in [5.74, 6) is -0.235. The second-order valence-electron chi connectivity index (χ2n) is 7.47. The van der Waals surface area contributed by atoms with Crippen molar-refractivity contribution >= 4 is 11.6 Å². The van der Waals surface area contributed by atoms with Gasteiger partial charge in [-0.3, -0.25) is 19.1 Å². The number of rotatable bonds is 5. The topological polar surface area (TPSA) is 67.2 Å². The van der Waals surface area contributed by atoms with E-state index >= 15 is 0 Å². The summed E-state index contributed by atoms with van der Waals surface area (Å²) in [5, 5.41) is 2.84. The summed E-state index contributed by atoms with van der Waals surface area (Å²) < 4.78 is 1.40. The molecule has 0 atom stereocenters. The van der Waals surface area contributed by atoms with Crippen LogP contribution in [0.2, 0.25) is 0 Å². The maximum Gasteiger partial charge on any atom is 0.257 e. The Balaban J connectivity index is 1.44. The van der Waals surface area contributed by atoms with Gasteiger partial charge in [-0.1, -0.05) is 42.5 Å². The van der Waals surface area contributed by atoms with Crippen molar-refractivity contribution in [1.29, 1.82) is 0 Å². The molecule has 0 aliphatic carbocycles. The lowest BCUT2D eigenvalue weighted by atomic mass is 10.1. The molecule has 1 aliphatic rings. The van der Waals surface area contributed by atoms with Crippen LogP contribution in [0.3, 0.4) is 0 Å². The molecule has 6 nitrogen and oxygen atoms in total. The molecule has 148 valence electrons. The Morgan fingerprint density at radius 3 is 2.76 bits per heavy atom. The lowest BCUT2D eigenvalue weighted by Crippen LogP contribution is -2.38. The van der Waals surface area contributed by atoms with E-state index in [9.17, 15) is 9.59 Å². The van der Waals surface area contributed by atoms with Gasteiger partial charge in [0, 0.05) is 30.9 Å². The van der Waals surface area contributed by atoms with Crippen LogP contribution in [0.4, 0.5) is 5.69 Å². The molecule has 0 fully saturated rings. The van der Waals surface area contributed by atoms with Gasteiger partial charge in [0.1, 0.15) is 6.54 Å². The van der Waals surface area contributed by atoms with Crippen LogP contribution >= 0.6 is 0 Å². The van der Waals surface area contributed by atoms with Crippen molar-refractivity contribution in [3.05, 3.63) is 93.7 Å². The Kier molecular flexibility index (Phi) is 5.53. The van der Waals surface area contributed by atoms with Crippen LogP contribution in [-0.4, -0.2) is 26.9 Å². The number of hydrogen-bond acceptors (Lipinski definition) is 4. The molecule has 3 aromatic rings. The number of nitrogens with zero attached hydrogens (tertiary/aromatic N) is 3. The third-order valence-electron chi connectivity index (χ3n) is 5.14. The number of benzene rings is 2. The molecule has 0 saturated carbocycles. The maximum absolute atomic E-state index is 12.8. The quantitative estimate of drug-likeness (QED) is 0.730. The SMILES string of the molecule is Cc1cccc(NC(=O)Cn2cnc3c(c2=O)CCN(Cc2ccccc2)C3)c1. The second-order valence-corrected chi connectivity index (χ2v) is 7.47. The van der Waals surface area contributed by atoms with E-state index < -0.39 is 0 Å². The largest absolute Gasteiger partial charge is 0.325 e. The number of anilines is 1. The number of fused-ring (bicyclic) bond motifs is 1. The first-order valence-corrected chi connectivity index (χ1v) is 9.78. The van der Waals surface area contributed by atoms with Gasteiger partial charge in [-0.15, -0.1) is 0 Å². The molecular formula is C23H24N4O2. The maximum atomic E-state index is 12.8. The highest BCUT2D eigenvalue weighted by Crippen LogP contribution is 2.16. The van der Waals surface area contributed by atoms with Crippen molar-refractivity contribution < 1.29 is 4.79 Å². The summed E-state index contributed by atoms with van der Waals surface area (Å²) in [5.41, 5.74) is 4.46. The highest BCUT2D eigenvalue weighted by Gasteiger charge is 2.21. The first-order valence-electron chi connectivity index (χ1n) is 9.78. The number of nitrogens with one attached hydrogen (secondary N) is 1. The number of carbonyl (C=O) groups is 1. The van der Waals surface area contributed by atoms with E-state index in [0.29, 0.717) is 13.0 Å². The van der Waals surface area contributed by atoms with Crippen LogP contribution in [0.5, 0.6) is 0 Å². The Hall–Kier alpha value is -3.25. The van der Waals surface area contributed by atoms with Crippen molar-refractivity contribution in [2.24, 2.45) is 0 Å². The number of aryl methyl sites for hydroxylation is 1. The van der Waals surface area contributed by atoms with Gasteiger partial charge < -0.3 is 5.32 Å². The number of carbonyl (C=O) groups excluding carboxylic acids is 1. The minimum absolute atomic E-state index is 0.0409. The van der Waals surface area contributed by atoms with E-state index in [-0.39, 0.29) is 18.0 Å². The summed E-state index contributed by atoms with van der Waals surface area (Å²) in [7, 11) is 0. The summed E-state index contributed by atoms with van der Waals surface area (Å²) in [6, 6.07) is 17.9. The molecule has 1 amide bonds. The van der Waals surface area contributed by atoms with Crippen LogP contribution in [0.25, 0.3) is 0 Å². The Morgan fingerprint density at radius 1 is 1.14 bits per heavy atom. The number of hydrogen-bond donors (Lipinski definition) is 1. The lowest BCUT2D eigenvalue weighted by Gasteiger charge is -2.27. The van der Waals surface area contributed by atoms with E-state index in [4.69, 9.17) is 0 Å². The van der Waals surface area contributed by atoms with Crippen LogP contribution in [0.1, 0.15) is 22.4 Å². The molecule has 4 rings (SSSR count). The third-order valence-corrected chi connectivity index (χ3v) is 5.14. The highest BCUT2D eigenvalue weighted by molar-refractivity contribution is 5.90. The van der Waals surface area contributed by atoms with Gasteiger partial charge in [-0.25, -0.2) is 4.98 Å². The van der Waals surface area contributed by atoms with Crippen LogP contribution in [0, 0.1) is 6.92 Å². The van der Waals surface area contributed by atoms with Crippen molar-refractivity contribution in [3.63, 3.8) is 0 Å². The minimum atomic E-state index is -0.235. The van der Waals surface area contributed by atoms with Gasteiger partial charge in [0.25, 0.3) is 5.56 Å². The zero-order valence-corrected chi connectivity index (χ0v) is 16.5. The van der Waals surface area contributed by atoms with E-state index in [1.807, 2.05) is 49.4 Å². The molecule has 29 heavy (non-hydrogen) atoms. The molecule has 0 spiro atoms. The molecule has 0 saturated heterocycles. The van der Waals surface area contributed by atoms with E-state index in [1.165, 1.54) is 16.5 Å². The Morgan fingerprint density at radius 2 is 1.97 bits per heavy atom. The Bertz CT molecular complexity index is 1080. The van der Waals surface area contributed by atoms with Gasteiger partial charge in [0.05, 0.1) is 12.0 Å². The van der Waals surface area contributed by atoms with Crippen molar-refractivity contribution in [3.8, 4) is 0 Å². The standard InChI is InChI=1S/C23H24N4O2/c1-17-6-5-9-19(12-17)25-22(28)15-27-16-24-21-14-26(11-10-20(21)23(27)29)13-18-7-3-2-4-8-18/h2-9,12,16H,10-11,13-15H2,1H3,(H,25,28). The fraction of sp³-hybridized carbons (Fsp3) is 0.261. The molecule has 0 unspecified atom stereocenters. The molecule has 0 bridgehead atoms. The lowest BCUT2D eigenvalue weighted by molar-refractivity contribution is -0.116. The fourth-order valence-corrected chi connectivity index (χ4v) is 3.68. The predicted molar refractivity (Wildman–Crippen MR) is 113 cm³/mol. The number of aromatic nitrogens is 2. The van der Waals surface area contributed by atoms with Crippen LogP contribution < -0.4 is 10.9 Å². The van der Waals surface area contributed by atoms with Gasteiger partial charge in [-0.2, -0.15) is 0 Å². The van der Waals surface area contributed by atoms with Crippen molar-refractivity contribution in [2.75, 3.05) is 11.9 Å². The zero-order valence-electron chi connectivity index (χ0n) is 16.5. The van der Waals surface area contributed by atoms with E-state index in [1.54, 1.807) is 0 Å². The van der Waals surface area contributed by atoms with Crippen LogP contribution in [-0.2, 0) is 30.8 Å². The van der Waals surface area contributed by atoms with Crippen molar-refractivity contribution in [2.45, 2.75) is 33.0 Å². The van der Waals surface area contributed by atoms with Crippen LogP contribution in [0.15, 0.2) is 65.7 Å². The number of amides is 1. The minimum Gasteiger partial charge on any atom is -0.325 e. The molecule has 1 N–H and O–H groups in total. The average molecular weight is 388 g/mol. The van der Waals surface area contributed by atoms with Gasteiger partial charge >= 0.3 is 0 Å². The third kappa shape index (κ3) is 4.60. The van der Waals surface area contributed by atoms with Gasteiger partial charge in [0.15, 0.2) is 0 Å². The van der Waals surface area contributed by atoms with Gasteiger partial charge in [-0.05, 0) is 36.6 Å². The van der Waals surface area contributed by atoms with Crippen molar-refractivity contribution in [1.82, 2.24) is 14.5 Å². The molecule has 1 aliphatic heterocycles. The summed E-state index contributed by atoms with van der Waals surface area (Å²) in [6.45, 7) is 4.22. The summed E-state index contributed by atoms with van der Waals surface area (Å²) in [6.07, 6.45) is 2.14. The molecule has 2 aromatic carbocycles. The Labute approximate surface area is 169 Å².